The second-order valence-electron chi connectivity index (χ2n) is 5.56. The van der Waals surface area contributed by atoms with Crippen LogP contribution in [0.25, 0.3) is 0 Å². The first kappa shape index (κ1) is 12.7. The van der Waals surface area contributed by atoms with Crippen molar-refractivity contribution in [2.75, 3.05) is 6.54 Å². The Kier molecular flexibility index (Phi) is 3.10. The fourth-order valence-corrected chi connectivity index (χ4v) is 3.30. The highest BCUT2D eigenvalue weighted by molar-refractivity contribution is 5.83. The number of amides is 2. The smallest absolute Gasteiger partial charge is 0.326 e. The average Bonchev–Trinajstić information content (AvgIpc) is 3.02. The van der Waals surface area contributed by atoms with E-state index in [0.717, 1.165) is 19.3 Å². The molecular formula is C12H18N2O5. The summed E-state index contributed by atoms with van der Waals surface area (Å²) in [5.74, 6) is -1.07. The van der Waals surface area contributed by atoms with Gasteiger partial charge < -0.3 is 25.2 Å². The number of fused-ring (bicyclic) bond motifs is 2. The van der Waals surface area contributed by atoms with Gasteiger partial charge in [-0.25, -0.2) is 9.59 Å². The van der Waals surface area contributed by atoms with Crippen molar-refractivity contribution < 1.29 is 24.5 Å². The highest BCUT2D eigenvalue weighted by Gasteiger charge is 2.44. The molecule has 4 unspecified atom stereocenters. The molecule has 3 heterocycles. The van der Waals surface area contributed by atoms with E-state index in [4.69, 9.17) is 9.84 Å². The predicted octanol–water partition coefficient (Wildman–Crippen LogP) is -0.464. The predicted molar refractivity (Wildman–Crippen MR) is 63.6 cm³/mol. The molecule has 3 N–H and O–H groups in total. The summed E-state index contributed by atoms with van der Waals surface area (Å²) in [5.41, 5.74) is 0. The Labute approximate surface area is 110 Å². The molecule has 0 spiro atoms. The van der Waals surface area contributed by atoms with Gasteiger partial charge in [-0.15, -0.1) is 0 Å². The van der Waals surface area contributed by atoms with E-state index in [-0.39, 0.29) is 31.2 Å². The van der Waals surface area contributed by atoms with Crippen LogP contribution in [0.5, 0.6) is 0 Å². The number of aliphatic hydroxyl groups excluding tert-OH is 1. The zero-order chi connectivity index (χ0) is 13.6. The minimum absolute atomic E-state index is 0.0292. The minimum Gasteiger partial charge on any atom is -0.480 e. The number of ether oxygens (including phenoxy) is 1. The van der Waals surface area contributed by atoms with Gasteiger partial charge in [-0.05, 0) is 19.3 Å². The van der Waals surface area contributed by atoms with Crippen molar-refractivity contribution in [1.82, 2.24) is 10.2 Å². The molecule has 0 aliphatic carbocycles. The Bertz CT molecular complexity index is 402. The van der Waals surface area contributed by atoms with E-state index in [1.54, 1.807) is 0 Å². The normalized spacial score (nSPS) is 40.7. The van der Waals surface area contributed by atoms with Gasteiger partial charge in [0.1, 0.15) is 6.04 Å². The second kappa shape index (κ2) is 4.64. The zero-order valence-electron chi connectivity index (χ0n) is 10.5. The number of hydrogen-bond donors (Lipinski definition) is 3. The van der Waals surface area contributed by atoms with Crippen LogP contribution >= 0.6 is 0 Å². The number of aliphatic carboxylic acids is 1. The maximum absolute atomic E-state index is 12.1. The van der Waals surface area contributed by atoms with Crippen LogP contribution in [0.3, 0.4) is 0 Å². The Hall–Kier alpha value is -1.34. The van der Waals surface area contributed by atoms with Gasteiger partial charge in [-0.1, -0.05) is 0 Å². The van der Waals surface area contributed by atoms with Crippen molar-refractivity contribution in [2.24, 2.45) is 0 Å². The molecule has 3 aliphatic heterocycles. The first-order chi connectivity index (χ1) is 9.04. The summed E-state index contributed by atoms with van der Waals surface area (Å²) in [6.45, 7) is 0.0739. The zero-order valence-corrected chi connectivity index (χ0v) is 10.5. The Morgan fingerprint density at radius 1 is 1.26 bits per heavy atom. The monoisotopic (exact) mass is 270 g/mol. The van der Waals surface area contributed by atoms with E-state index in [2.05, 4.69) is 5.32 Å². The molecule has 3 aliphatic rings. The van der Waals surface area contributed by atoms with E-state index in [0.29, 0.717) is 0 Å². The number of hydrogen-bond acceptors (Lipinski definition) is 4. The molecule has 7 nitrogen and oxygen atoms in total. The molecule has 0 aromatic rings. The summed E-state index contributed by atoms with van der Waals surface area (Å²) < 4.78 is 5.64. The number of nitrogens with zero attached hydrogens (tertiary/aromatic N) is 1. The number of β-amino-alcohol motifs (C(OH)–C–C–N with tert-alkyl or cyclic N) is 1. The van der Waals surface area contributed by atoms with Crippen molar-refractivity contribution >= 4 is 12.0 Å². The number of carbonyl (C=O) groups excluding carboxylic acids is 1. The molecule has 0 saturated carbocycles. The summed E-state index contributed by atoms with van der Waals surface area (Å²) in [4.78, 5) is 24.4. The van der Waals surface area contributed by atoms with Gasteiger partial charge in [0.2, 0.25) is 0 Å². The lowest BCUT2D eigenvalue weighted by Crippen LogP contribution is -2.51. The Balaban J connectivity index is 1.62. The molecule has 3 fully saturated rings. The fourth-order valence-electron chi connectivity index (χ4n) is 3.30. The number of nitrogens with one attached hydrogen (secondary N) is 1. The van der Waals surface area contributed by atoms with Gasteiger partial charge in [-0.3, -0.25) is 0 Å². The lowest BCUT2D eigenvalue weighted by Gasteiger charge is -2.26. The van der Waals surface area contributed by atoms with Crippen molar-refractivity contribution in [2.45, 2.75) is 56.1 Å². The van der Waals surface area contributed by atoms with Crippen LogP contribution in [0, 0.1) is 0 Å². The molecule has 0 aromatic heterocycles. The topological polar surface area (TPSA) is 99.1 Å². The van der Waals surface area contributed by atoms with Crippen LogP contribution in [0.1, 0.15) is 25.7 Å². The Morgan fingerprint density at radius 2 is 2.05 bits per heavy atom. The second-order valence-corrected chi connectivity index (χ2v) is 5.56. The molecule has 0 aromatic carbocycles. The average molecular weight is 270 g/mol. The maximum Gasteiger partial charge on any atom is 0.326 e. The van der Waals surface area contributed by atoms with Crippen molar-refractivity contribution in [1.29, 1.82) is 0 Å². The molecular weight excluding hydrogens is 252 g/mol. The van der Waals surface area contributed by atoms with Crippen LogP contribution < -0.4 is 5.32 Å². The van der Waals surface area contributed by atoms with Crippen LogP contribution in [-0.2, 0) is 9.53 Å². The number of carboxylic acid groups (broad SMARTS) is 1. The minimum atomic E-state index is -1.07. The first-order valence-corrected chi connectivity index (χ1v) is 6.68. The lowest BCUT2D eigenvalue weighted by molar-refractivity contribution is -0.141. The van der Waals surface area contributed by atoms with E-state index in [1.807, 2.05) is 0 Å². The standard InChI is InChI=1S/C12H18N2O5/c15-6-3-9(11(16)17)14(5-6)12(18)13-8-4-7-1-2-10(8)19-7/h6-10,15H,1-5H2,(H,13,18)(H,16,17)/t6?,7?,8?,9-,10?/m0/s1. The lowest BCUT2D eigenvalue weighted by atomic mass is 9.96. The summed E-state index contributed by atoms with van der Waals surface area (Å²) in [7, 11) is 0. The summed E-state index contributed by atoms with van der Waals surface area (Å²) >= 11 is 0. The molecule has 2 amide bonds. The largest absolute Gasteiger partial charge is 0.480 e. The molecule has 5 atom stereocenters. The van der Waals surface area contributed by atoms with E-state index < -0.39 is 24.1 Å². The summed E-state index contributed by atoms with van der Waals surface area (Å²) in [6.07, 6.45) is 2.40. The van der Waals surface area contributed by atoms with Gasteiger partial charge in [0.05, 0.1) is 24.4 Å². The molecule has 0 radical (unpaired) electrons. The molecule has 3 saturated heterocycles. The molecule has 19 heavy (non-hydrogen) atoms. The fraction of sp³-hybridized carbons (Fsp3) is 0.833. The third kappa shape index (κ3) is 2.28. The first-order valence-electron chi connectivity index (χ1n) is 6.68. The third-order valence-corrected chi connectivity index (χ3v) is 4.24. The molecule has 3 rings (SSSR count). The van der Waals surface area contributed by atoms with Crippen molar-refractivity contribution in [3.8, 4) is 0 Å². The molecule has 106 valence electrons. The highest BCUT2D eigenvalue weighted by atomic mass is 16.5. The van der Waals surface area contributed by atoms with Crippen LogP contribution in [0.15, 0.2) is 0 Å². The van der Waals surface area contributed by atoms with Crippen LogP contribution in [-0.4, -0.2) is 64.1 Å². The van der Waals surface area contributed by atoms with Gasteiger partial charge in [0.25, 0.3) is 0 Å². The van der Waals surface area contributed by atoms with E-state index >= 15 is 0 Å². The number of aliphatic hydroxyl groups is 1. The summed E-state index contributed by atoms with van der Waals surface area (Å²) in [6, 6.07) is -1.38. The van der Waals surface area contributed by atoms with Crippen molar-refractivity contribution in [3.63, 3.8) is 0 Å². The number of carboxylic acids is 1. The number of likely N-dealkylation sites (tertiary alicyclic amines) is 1. The quantitative estimate of drug-likeness (QED) is 0.630. The summed E-state index contributed by atoms with van der Waals surface area (Å²) in [5, 5.41) is 21.4. The van der Waals surface area contributed by atoms with Gasteiger partial charge >= 0.3 is 12.0 Å². The maximum atomic E-state index is 12.1. The Morgan fingerprint density at radius 3 is 2.63 bits per heavy atom. The van der Waals surface area contributed by atoms with Crippen LogP contribution in [0.2, 0.25) is 0 Å². The number of rotatable bonds is 2. The van der Waals surface area contributed by atoms with Gasteiger partial charge in [-0.2, -0.15) is 0 Å². The third-order valence-electron chi connectivity index (χ3n) is 4.24. The van der Waals surface area contributed by atoms with Gasteiger partial charge in [0.15, 0.2) is 0 Å². The number of urea groups is 1. The van der Waals surface area contributed by atoms with Crippen molar-refractivity contribution in [3.05, 3.63) is 0 Å². The van der Waals surface area contributed by atoms with E-state index in [9.17, 15) is 14.7 Å². The SMILES string of the molecule is O=C(O)[C@@H]1CC(O)CN1C(=O)NC1CC2CCC1O2. The number of carbonyl (C=O) groups is 2. The van der Waals surface area contributed by atoms with Gasteiger partial charge in [0, 0.05) is 13.0 Å². The molecule has 2 bridgehead atoms. The highest BCUT2D eigenvalue weighted by Crippen LogP contribution is 2.34. The van der Waals surface area contributed by atoms with E-state index in [1.165, 1.54) is 4.90 Å². The molecule has 7 heteroatoms. The van der Waals surface area contributed by atoms with Crippen LogP contribution in [0.4, 0.5) is 4.79 Å².